The Labute approximate surface area is 182 Å². The maximum Gasteiger partial charge on any atom is 0.410 e. The van der Waals surface area contributed by atoms with E-state index in [0.717, 1.165) is 24.8 Å². The number of ether oxygens (including phenoxy) is 2. The number of aromatic carboxylic acids is 1. The van der Waals surface area contributed by atoms with E-state index in [0.29, 0.717) is 38.5 Å². The second-order valence-electron chi connectivity index (χ2n) is 9.86. The Bertz CT molecular complexity index is 908. The Kier molecular flexibility index (Phi) is 5.35. The Hall–Kier alpha value is -2.77. The third-order valence-electron chi connectivity index (χ3n) is 6.35. The van der Waals surface area contributed by atoms with Crippen molar-refractivity contribution in [3.05, 3.63) is 29.3 Å². The number of piperidine rings is 1. The van der Waals surface area contributed by atoms with Crippen molar-refractivity contribution in [2.75, 3.05) is 26.2 Å². The standard InChI is InChI=1S/C23H30N2O6/c1-22(2,3)31-21(29)25-8-4-7-23(14-25)12-17(23)19(26)24-9-10-30-18-11-15(20(27)28)5-6-16(18)13-24/h5-6,11,17H,4,7-10,12-14H2,1-3H3,(H,27,28). The first kappa shape index (κ1) is 21.5. The van der Waals surface area contributed by atoms with Crippen LogP contribution in [0.25, 0.3) is 0 Å². The van der Waals surface area contributed by atoms with Crippen molar-refractivity contribution in [3.63, 3.8) is 0 Å². The maximum atomic E-state index is 13.3. The summed E-state index contributed by atoms with van der Waals surface area (Å²) >= 11 is 0. The fourth-order valence-corrected chi connectivity index (χ4v) is 4.70. The van der Waals surface area contributed by atoms with Crippen LogP contribution in [0.1, 0.15) is 56.0 Å². The van der Waals surface area contributed by atoms with Crippen LogP contribution in [-0.4, -0.2) is 64.7 Å². The van der Waals surface area contributed by atoms with Gasteiger partial charge in [0, 0.05) is 36.5 Å². The molecule has 3 aliphatic rings. The highest BCUT2D eigenvalue weighted by Crippen LogP contribution is 2.58. The predicted molar refractivity (Wildman–Crippen MR) is 112 cm³/mol. The molecule has 2 heterocycles. The van der Waals surface area contributed by atoms with Crippen molar-refractivity contribution in [1.29, 1.82) is 0 Å². The summed E-state index contributed by atoms with van der Waals surface area (Å²) in [5.74, 6) is -0.493. The minimum atomic E-state index is -1.00. The molecule has 31 heavy (non-hydrogen) atoms. The molecule has 1 saturated heterocycles. The molecule has 2 aliphatic heterocycles. The van der Waals surface area contributed by atoms with Crippen LogP contribution in [0.4, 0.5) is 4.79 Å². The van der Waals surface area contributed by atoms with Gasteiger partial charge in [0.05, 0.1) is 12.1 Å². The van der Waals surface area contributed by atoms with Gasteiger partial charge in [-0.15, -0.1) is 0 Å². The molecule has 2 atom stereocenters. The molecule has 4 rings (SSSR count). The molecule has 168 valence electrons. The number of carbonyl (C=O) groups is 3. The van der Waals surface area contributed by atoms with E-state index >= 15 is 0 Å². The van der Waals surface area contributed by atoms with Crippen LogP contribution >= 0.6 is 0 Å². The number of likely N-dealkylation sites (tertiary alicyclic amines) is 1. The second kappa shape index (κ2) is 7.73. The van der Waals surface area contributed by atoms with Gasteiger partial charge in [0.2, 0.25) is 5.91 Å². The molecule has 2 amide bonds. The molecule has 8 nitrogen and oxygen atoms in total. The van der Waals surface area contributed by atoms with Crippen molar-refractivity contribution in [1.82, 2.24) is 9.80 Å². The van der Waals surface area contributed by atoms with Crippen LogP contribution in [0.15, 0.2) is 18.2 Å². The normalized spacial score (nSPS) is 25.3. The van der Waals surface area contributed by atoms with Crippen LogP contribution in [0.2, 0.25) is 0 Å². The van der Waals surface area contributed by atoms with Gasteiger partial charge in [-0.25, -0.2) is 9.59 Å². The number of carbonyl (C=O) groups excluding carboxylic acids is 2. The van der Waals surface area contributed by atoms with Gasteiger partial charge in [0.25, 0.3) is 0 Å². The van der Waals surface area contributed by atoms with E-state index in [1.54, 1.807) is 15.9 Å². The summed E-state index contributed by atoms with van der Waals surface area (Å²) in [6, 6.07) is 4.78. The quantitative estimate of drug-likeness (QED) is 0.774. The predicted octanol–water partition coefficient (Wildman–Crippen LogP) is 3.14. The minimum Gasteiger partial charge on any atom is -0.491 e. The Balaban J connectivity index is 1.42. The largest absolute Gasteiger partial charge is 0.491 e. The molecule has 1 N–H and O–H groups in total. The Morgan fingerprint density at radius 1 is 1.19 bits per heavy atom. The average Bonchev–Trinajstić information content (AvgIpc) is 3.42. The van der Waals surface area contributed by atoms with Crippen molar-refractivity contribution >= 4 is 18.0 Å². The van der Waals surface area contributed by atoms with E-state index in [-0.39, 0.29) is 28.9 Å². The molecular formula is C23H30N2O6. The molecule has 1 saturated carbocycles. The van der Waals surface area contributed by atoms with Gasteiger partial charge in [-0.2, -0.15) is 0 Å². The summed E-state index contributed by atoms with van der Waals surface area (Å²) in [6.45, 7) is 7.96. The monoisotopic (exact) mass is 430 g/mol. The van der Waals surface area contributed by atoms with Gasteiger partial charge in [-0.3, -0.25) is 4.79 Å². The van der Waals surface area contributed by atoms with Gasteiger partial charge in [0.15, 0.2) is 0 Å². The molecule has 1 aliphatic carbocycles. The molecule has 1 aromatic rings. The third kappa shape index (κ3) is 4.48. The number of benzene rings is 1. The van der Waals surface area contributed by atoms with Crippen molar-refractivity contribution < 1.29 is 29.0 Å². The van der Waals surface area contributed by atoms with Gasteiger partial charge in [-0.1, -0.05) is 6.07 Å². The van der Waals surface area contributed by atoms with E-state index in [1.807, 2.05) is 20.8 Å². The fraction of sp³-hybridized carbons (Fsp3) is 0.609. The summed E-state index contributed by atoms with van der Waals surface area (Å²) < 4.78 is 11.3. The van der Waals surface area contributed by atoms with E-state index < -0.39 is 11.6 Å². The zero-order valence-electron chi connectivity index (χ0n) is 18.3. The number of nitrogens with zero attached hydrogens (tertiary/aromatic N) is 2. The number of fused-ring (bicyclic) bond motifs is 1. The number of amides is 2. The SMILES string of the molecule is CC(C)(C)OC(=O)N1CCCC2(CC2C(=O)N2CCOc3cc(C(=O)O)ccc3C2)C1. The van der Waals surface area contributed by atoms with Gasteiger partial charge in [-0.05, 0) is 52.2 Å². The van der Waals surface area contributed by atoms with Gasteiger partial charge in [0.1, 0.15) is 18.0 Å². The van der Waals surface area contributed by atoms with Crippen LogP contribution in [0, 0.1) is 11.3 Å². The van der Waals surface area contributed by atoms with E-state index in [4.69, 9.17) is 9.47 Å². The zero-order valence-corrected chi connectivity index (χ0v) is 18.3. The maximum absolute atomic E-state index is 13.3. The van der Waals surface area contributed by atoms with E-state index in [1.165, 1.54) is 12.1 Å². The smallest absolute Gasteiger partial charge is 0.410 e. The average molecular weight is 431 g/mol. The van der Waals surface area contributed by atoms with Crippen LogP contribution in [-0.2, 0) is 16.1 Å². The molecule has 2 fully saturated rings. The molecule has 0 bridgehead atoms. The van der Waals surface area contributed by atoms with Crippen molar-refractivity contribution in [2.45, 2.75) is 52.2 Å². The second-order valence-corrected chi connectivity index (χ2v) is 9.86. The van der Waals surface area contributed by atoms with Crippen molar-refractivity contribution in [3.8, 4) is 5.75 Å². The molecule has 2 unspecified atom stereocenters. The van der Waals surface area contributed by atoms with Gasteiger partial charge >= 0.3 is 12.1 Å². The highest BCUT2D eigenvalue weighted by molar-refractivity contribution is 5.88. The molecule has 0 radical (unpaired) electrons. The fourth-order valence-electron chi connectivity index (χ4n) is 4.70. The van der Waals surface area contributed by atoms with E-state index in [9.17, 15) is 19.5 Å². The number of carboxylic acid groups (broad SMARTS) is 1. The van der Waals surface area contributed by atoms with Crippen LogP contribution in [0.5, 0.6) is 5.75 Å². The van der Waals surface area contributed by atoms with Gasteiger partial charge < -0.3 is 24.4 Å². The number of carboxylic acids is 1. The van der Waals surface area contributed by atoms with Crippen LogP contribution in [0.3, 0.4) is 0 Å². The van der Waals surface area contributed by atoms with E-state index in [2.05, 4.69) is 0 Å². The summed E-state index contributed by atoms with van der Waals surface area (Å²) in [7, 11) is 0. The summed E-state index contributed by atoms with van der Waals surface area (Å²) in [4.78, 5) is 40.6. The first-order chi connectivity index (χ1) is 14.6. The number of rotatable bonds is 2. The lowest BCUT2D eigenvalue weighted by Gasteiger charge is -2.35. The topological polar surface area (TPSA) is 96.4 Å². The minimum absolute atomic E-state index is 0.0878. The third-order valence-corrected chi connectivity index (χ3v) is 6.35. The highest BCUT2D eigenvalue weighted by atomic mass is 16.6. The van der Waals surface area contributed by atoms with Crippen molar-refractivity contribution in [2.24, 2.45) is 11.3 Å². The number of hydrogen-bond donors (Lipinski definition) is 1. The lowest BCUT2D eigenvalue weighted by Crippen LogP contribution is -2.45. The Morgan fingerprint density at radius 2 is 1.97 bits per heavy atom. The first-order valence-corrected chi connectivity index (χ1v) is 10.8. The molecule has 0 aromatic heterocycles. The summed E-state index contributed by atoms with van der Waals surface area (Å²) in [5.41, 5.74) is 0.282. The molecule has 1 spiro atoms. The lowest BCUT2D eigenvalue weighted by molar-refractivity contribution is -0.134. The first-order valence-electron chi connectivity index (χ1n) is 10.8. The molecular weight excluding hydrogens is 400 g/mol. The Morgan fingerprint density at radius 3 is 2.68 bits per heavy atom. The molecule has 1 aromatic carbocycles. The summed E-state index contributed by atoms with van der Waals surface area (Å²) in [5, 5.41) is 9.18. The lowest BCUT2D eigenvalue weighted by atomic mass is 9.92. The highest BCUT2D eigenvalue weighted by Gasteiger charge is 2.60. The number of hydrogen-bond acceptors (Lipinski definition) is 5. The zero-order chi connectivity index (χ0) is 22.4. The van der Waals surface area contributed by atoms with Crippen LogP contribution < -0.4 is 4.74 Å². The summed E-state index contributed by atoms with van der Waals surface area (Å²) in [6.07, 6.45) is 2.28. The molecule has 8 heteroatoms.